The number of rotatable bonds is 9. The molecule has 0 saturated carbocycles. The molecule has 1 fully saturated rings. The summed E-state index contributed by atoms with van der Waals surface area (Å²) in [5.41, 5.74) is 0. The first-order valence-corrected chi connectivity index (χ1v) is 10.3. The van der Waals surface area contributed by atoms with E-state index in [9.17, 15) is 23.2 Å². The Morgan fingerprint density at radius 3 is 2.45 bits per heavy atom. The fourth-order valence-corrected chi connectivity index (χ4v) is 4.29. The Morgan fingerprint density at radius 1 is 1.34 bits per heavy atom. The number of carbonyl (C=O) groups is 1. The second kappa shape index (κ2) is 9.46. The quantitative estimate of drug-likeness (QED) is 0.390. The highest BCUT2D eigenvalue weighted by molar-refractivity contribution is 7.52. The van der Waals surface area contributed by atoms with Crippen LogP contribution in [0.15, 0.2) is 30.3 Å². The molecular weight excluding hydrogens is 415 g/mol. The molecule has 0 aromatic heterocycles. The molecule has 0 radical (unpaired) electrons. The van der Waals surface area contributed by atoms with Gasteiger partial charge in [0.1, 0.15) is 17.9 Å². The summed E-state index contributed by atoms with van der Waals surface area (Å²) < 4.78 is 61.7. The topological polar surface area (TPSA) is 124 Å². The van der Waals surface area contributed by atoms with Gasteiger partial charge in [0, 0.05) is 0 Å². The van der Waals surface area contributed by atoms with E-state index in [2.05, 4.69) is 9.82 Å². The van der Waals surface area contributed by atoms with Gasteiger partial charge in [-0.05, 0) is 18.1 Å². The van der Waals surface area contributed by atoms with Gasteiger partial charge in [0.2, 0.25) is 6.29 Å². The molecule has 1 unspecified atom stereocenters. The Balaban J connectivity index is 2.34. The lowest BCUT2D eigenvalue weighted by atomic mass is 10.1. The Labute approximate surface area is 166 Å². The number of hydrogen-bond acceptors (Lipinski definition) is 8. The molecule has 2 rings (SSSR count). The molecular formula is C17H24F2NO8P. The van der Waals surface area contributed by atoms with Crippen molar-refractivity contribution in [3.05, 3.63) is 30.3 Å². The molecule has 0 bridgehead atoms. The van der Waals surface area contributed by atoms with Crippen molar-refractivity contribution < 1.29 is 46.9 Å². The van der Waals surface area contributed by atoms with Crippen molar-refractivity contribution in [2.75, 3.05) is 13.7 Å². The van der Waals surface area contributed by atoms with E-state index in [-0.39, 0.29) is 5.75 Å². The zero-order valence-electron chi connectivity index (χ0n) is 16.0. The molecule has 1 heterocycles. The van der Waals surface area contributed by atoms with Crippen molar-refractivity contribution in [1.29, 1.82) is 0 Å². The molecule has 0 amide bonds. The van der Waals surface area contributed by atoms with Gasteiger partial charge in [0.25, 0.3) is 0 Å². The van der Waals surface area contributed by atoms with Gasteiger partial charge in [-0.1, -0.05) is 32.0 Å². The molecule has 164 valence electrons. The number of ether oxygens (including phenoxy) is 2. The van der Waals surface area contributed by atoms with Crippen molar-refractivity contribution in [3.8, 4) is 5.75 Å². The SMILES string of the molecule is COC(=O)[C@@H](NP(=O)(Oc1ccccc1)O[C@@H]1O[C@H](CO)[C@@H](O)C1(F)F)C(C)C. The second-order valence-electron chi connectivity index (χ2n) is 6.69. The summed E-state index contributed by atoms with van der Waals surface area (Å²) >= 11 is 0. The highest BCUT2D eigenvalue weighted by Crippen LogP contribution is 2.51. The number of aliphatic hydroxyl groups excluding tert-OH is 2. The third-order valence-electron chi connectivity index (χ3n) is 4.16. The van der Waals surface area contributed by atoms with E-state index in [1.54, 1.807) is 32.0 Å². The normalized spacial score (nSPS) is 26.7. The third-order valence-corrected chi connectivity index (χ3v) is 5.68. The number of carbonyl (C=O) groups excluding carboxylic acids is 1. The van der Waals surface area contributed by atoms with E-state index in [0.717, 1.165) is 7.11 Å². The Hall–Kier alpha value is -1.62. The maximum Gasteiger partial charge on any atom is 0.462 e. The summed E-state index contributed by atoms with van der Waals surface area (Å²) in [6.45, 7) is 2.30. The van der Waals surface area contributed by atoms with Crippen LogP contribution in [0.4, 0.5) is 8.78 Å². The summed E-state index contributed by atoms with van der Waals surface area (Å²) in [4.78, 5) is 12.0. The maximum atomic E-state index is 14.3. The highest BCUT2D eigenvalue weighted by Gasteiger charge is 2.61. The monoisotopic (exact) mass is 439 g/mol. The van der Waals surface area contributed by atoms with Crippen LogP contribution < -0.4 is 9.61 Å². The van der Waals surface area contributed by atoms with Crippen molar-refractivity contribution >= 4 is 13.7 Å². The van der Waals surface area contributed by atoms with Gasteiger partial charge in [-0.25, -0.2) is 4.57 Å². The minimum atomic E-state index is -4.66. The van der Waals surface area contributed by atoms with Crippen molar-refractivity contribution in [2.24, 2.45) is 5.92 Å². The smallest absolute Gasteiger partial charge is 0.462 e. The Morgan fingerprint density at radius 2 is 1.97 bits per heavy atom. The molecule has 5 atom stereocenters. The van der Waals surface area contributed by atoms with Gasteiger partial charge in [-0.15, -0.1) is 0 Å². The molecule has 12 heteroatoms. The zero-order valence-corrected chi connectivity index (χ0v) is 16.9. The van der Waals surface area contributed by atoms with E-state index in [1.807, 2.05) is 0 Å². The van der Waals surface area contributed by atoms with E-state index in [1.165, 1.54) is 12.1 Å². The van der Waals surface area contributed by atoms with Crippen LogP contribution in [0.25, 0.3) is 0 Å². The summed E-state index contributed by atoms with van der Waals surface area (Å²) in [7, 11) is -3.55. The number of halogens is 2. The van der Waals surface area contributed by atoms with Gasteiger partial charge in [-0.2, -0.15) is 13.9 Å². The van der Waals surface area contributed by atoms with Crippen molar-refractivity contribution in [2.45, 2.75) is 44.3 Å². The number of esters is 1. The number of aliphatic hydroxyl groups is 2. The standard InChI is InChI=1S/C17H24F2NO8P/c1-10(2)13(15(23)25-3)20-29(24,27-11-7-5-4-6-8-11)28-16-17(18,19)14(22)12(9-21)26-16/h4-8,10,12-14,16,21-22H,9H2,1-3H3,(H,20,24)/t12-,13+,14-,16+,29?/m1/s1. The molecule has 1 aromatic rings. The van der Waals surface area contributed by atoms with Crippen LogP contribution in [0.5, 0.6) is 5.75 Å². The van der Waals surface area contributed by atoms with Gasteiger partial charge in [-0.3, -0.25) is 9.32 Å². The largest absolute Gasteiger partial charge is 0.468 e. The van der Waals surface area contributed by atoms with E-state index in [4.69, 9.17) is 18.9 Å². The predicted molar refractivity (Wildman–Crippen MR) is 96.2 cm³/mol. The van der Waals surface area contributed by atoms with Gasteiger partial charge < -0.3 is 24.2 Å². The Kier molecular flexibility index (Phi) is 7.72. The number of para-hydroxylation sites is 1. The number of nitrogens with one attached hydrogen (secondary N) is 1. The third kappa shape index (κ3) is 5.50. The zero-order chi connectivity index (χ0) is 21.8. The lowest BCUT2D eigenvalue weighted by Crippen LogP contribution is -2.44. The fraction of sp³-hybridized carbons (Fsp3) is 0.588. The molecule has 1 aliphatic rings. The molecule has 1 aliphatic heterocycles. The average Bonchev–Trinajstić information content (AvgIpc) is 2.89. The van der Waals surface area contributed by atoms with E-state index in [0.29, 0.717) is 0 Å². The predicted octanol–water partition coefficient (Wildman–Crippen LogP) is 1.69. The van der Waals surface area contributed by atoms with Crippen LogP contribution in [0.1, 0.15) is 13.8 Å². The number of alkyl halides is 2. The molecule has 0 aliphatic carbocycles. The van der Waals surface area contributed by atoms with E-state index >= 15 is 0 Å². The first kappa shape index (κ1) is 23.7. The molecule has 0 spiro atoms. The first-order chi connectivity index (χ1) is 13.5. The second-order valence-corrected chi connectivity index (χ2v) is 8.34. The minimum Gasteiger partial charge on any atom is -0.468 e. The average molecular weight is 439 g/mol. The molecule has 3 N–H and O–H groups in total. The maximum absolute atomic E-state index is 14.3. The Bertz CT molecular complexity index is 735. The van der Waals surface area contributed by atoms with Gasteiger partial charge >= 0.3 is 19.6 Å². The highest BCUT2D eigenvalue weighted by atomic mass is 31.2. The first-order valence-electron chi connectivity index (χ1n) is 8.75. The summed E-state index contributed by atoms with van der Waals surface area (Å²) in [6.07, 6.45) is -6.53. The van der Waals surface area contributed by atoms with Crippen LogP contribution in [0.3, 0.4) is 0 Å². The lowest BCUT2D eigenvalue weighted by molar-refractivity contribution is -0.188. The summed E-state index contributed by atoms with van der Waals surface area (Å²) in [5.74, 6) is -5.27. The van der Waals surface area contributed by atoms with Crippen LogP contribution in [-0.4, -0.2) is 60.4 Å². The molecule has 1 saturated heterocycles. The van der Waals surface area contributed by atoms with Crippen molar-refractivity contribution in [3.63, 3.8) is 0 Å². The lowest BCUT2D eigenvalue weighted by Gasteiger charge is -2.29. The number of methoxy groups -OCH3 is 1. The summed E-state index contributed by atoms with van der Waals surface area (Å²) in [6, 6.07) is 6.33. The van der Waals surface area contributed by atoms with Crippen LogP contribution in [0, 0.1) is 5.92 Å². The van der Waals surface area contributed by atoms with Gasteiger partial charge in [0.15, 0.2) is 6.10 Å². The van der Waals surface area contributed by atoms with Crippen LogP contribution >= 0.6 is 7.75 Å². The number of hydrogen-bond donors (Lipinski definition) is 3. The fourth-order valence-electron chi connectivity index (χ4n) is 2.54. The molecule has 1 aromatic carbocycles. The minimum absolute atomic E-state index is 0.0104. The molecule has 9 nitrogen and oxygen atoms in total. The summed E-state index contributed by atoms with van der Waals surface area (Å²) in [5, 5.41) is 21.0. The van der Waals surface area contributed by atoms with Crippen LogP contribution in [-0.2, 0) is 23.4 Å². The molecule has 29 heavy (non-hydrogen) atoms. The van der Waals surface area contributed by atoms with Crippen LogP contribution in [0.2, 0.25) is 0 Å². The van der Waals surface area contributed by atoms with Crippen molar-refractivity contribution in [1.82, 2.24) is 5.09 Å². The number of benzene rings is 1. The van der Waals surface area contributed by atoms with Gasteiger partial charge in [0.05, 0.1) is 13.7 Å². The van der Waals surface area contributed by atoms with E-state index < -0.39 is 56.7 Å².